The fraction of sp³-hybridized carbons (Fsp3) is 0.727. The predicted molar refractivity (Wildman–Crippen MR) is 56.1 cm³/mol. The molecule has 0 heterocycles. The molecule has 0 aliphatic heterocycles. The zero-order chi connectivity index (χ0) is 11.0. The predicted octanol–water partition coefficient (Wildman–Crippen LogP) is 2.31. The van der Waals surface area contributed by atoms with Gasteiger partial charge in [-0.15, -0.1) is 0 Å². The fourth-order valence-electron chi connectivity index (χ4n) is 1.14. The van der Waals surface area contributed by atoms with E-state index in [-0.39, 0.29) is 5.78 Å². The second kappa shape index (κ2) is 7.71. The summed E-state index contributed by atoms with van der Waals surface area (Å²) in [6, 6.07) is 0. The molecule has 0 aliphatic rings. The van der Waals surface area contributed by atoms with Gasteiger partial charge in [-0.2, -0.15) is 0 Å². The Bertz CT molecular complexity index is 193. The number of unbranched alkanes of at least 4 members (excludes halogenated alkanes) is 1. The van der Waals surface area contributed by atoms with Crippen molar-refractivity contribution in [3.63, 3.8) is 0 Å². The maximum Gasteiger partial charge on any atom is 0.176 e. The molecule has 3 heteroatoms. The SMILES string of the molecule is CCCCC(=CC(OC)OC)C(C)=O. The topological polar surface area (TPSA) is 35.5 Å². The second-order valence-electron chi connectivity index (χ2n) is 3.19. The minimum atomic E-state index is -0.411. The van der Waals surface area contributed by atoms with Crippen LogP contribution in [-0.4, -0.2) is 26.3 Å². The summed E-state index contributed by atoms with van der Waals surface area (Å²) in [6.07, 6.45) is 4.24. The van der Waals surface area contributed by atoms with Crippen molar-refractivity contribution in [1.29, 1.82) is 0 Å². The molecular weight excluding hydrogens is 180 g/mol. The third kappa shape index (κ3) is 5.14. The Hall–Kier alpha value is -0.670. The first-order valence-corrected chi connectivity index (χ1v) is 4.92. The average molecular weight is 200 g/mol. The summed E-state index contributed by atoms with van der Waals surface area (Å²) < 4.78 is 10.0. The van der Waals surface area contributed by atoms with Gasteiger partial charge >= 0.3 is 0 Å². The lowest BCUT2D eigenvalue weighted by atomic mass is 10.1. The Balaban J connectivity index is 4.37. The van der Waals surface area contributed by atoms with Crippen LogP contribution in [0.5, 0.6) is 0 Å². The van der Waals surface area contributed by atoms with Gasteiger partial charge in [0.1, 0.15) is 0 Å². The Kier molecular flexibility index (Phi) is 7.34. The van der Waals surface area contributed by atoms with Crippen LogP contribution >= 0.6 is 0 Å². The molecule has 82 valence electrons. The zero-order valence-electron chi connectivity index (χ0n) is 9.50. The lowest BCUT2D eigenvalue weighted by Crippen LogP contribution is -2.12. The highest BCUT2D eigenvalue weighted by Crippen LogP contribution is 2.10. The molecule has 14 heavy (non-hydrogen) atoms. The number of carbonyl (C=O) groups excluding carboxylic acids is 1. The monoisotopic (exact) mass is 200 g/mol. The number of allylic oxidation sites excluding steroid dienone is 1. The first-order valence-electron chi connectivity index (χ1n) is 4.92. The lowest BCUT2D eigenvalue weighted by Gasteiger charge is -2.10. The average Bonchev–Trinajstić information content (AvgIpc) is 2.18. The van der Waals surface area contributed by atoms with Crippen LogP contribution < -0.4 is 0 Å². The number of Topliss-reactive ketones (excluding diaryl/α,β-unsaturated/α-hetero) is 1. The van der Waals surface area contributed by atoms with Crippen molar-refractivity contribution >= 4 is 5.78 Å². The highest BCUT2D eigenvalue weighted by atomic mass is 16.7. The molecule has 0 saturated carbocycles. The number of carbonyl (C=O) groups is 1. The summed E-state index contributed by atoms with van der Waals surface area (Å²) in [4.78, 5) is 11.2. The van der Waals surface area contributed by atoms with Crippen molar-refractivity contribution in [3.05, 3.63) is 11.6 Å². The van der Waals surface area contributed by atoms with E-state index in [9.17, 15) is 4.79 Å². The van der Waals surface area contributed by atoms with Crippen molar-refractivity contribution in [3.8, 4) is 0 Å². The maximum absolute atomic E-state index is 11.2. The molecule has 0 atom stereocenters. The van der Waals surface area contributed by atoms with Crippen molar-refractivity contribution in [2.24, 2.45) is 0 Å². The van der Waals surface area contributed by atoms with Crippen molar-refractivity contribution in [2.45, 2.75) is 39.4 Å². The molecule has 3 nitrogen and oxygen atoms in total. The van der Waals surface area contributed by atoms with Crippen LogP contribution in [0.4, 0.5) is 0 Å². The Morgan fingerprint density at radius 2 is 1.93 bits per heavy atom. The van der Waals surface area contributed by atoms with Crippen molar-refractivity contribution in [1.82, 2.24) is 0 Å². The van der Waals surface area contributed by atoms with E-state index in [0.29, 0.717) is 0 Å². The number of ether oxygens (including phenoxy) is 2. The van der Waals surface area contributed by atoms with Gasteiger partial charge in [0.2, 0.25) is 0 Å². The zero-order valence-corrected chi connectivity index (χ0v) is 9.50. The Morgan fingerprint density at radius 1 is 1.36 bits per heavy atom. The lowest BCUT2D eigenvalue weighted by molar-refractivity contribution is -0.114. The molecule has 0 amide bonds. The van der Waals surface area contributed by atoms with Crippen LogP contribution in [0.25, 0.3) is 0 Å². The summed E-state index contributed by atoms with van der Waals surface area (Å²) in [5.41, 5.74) is 0.792. The Morgan fingerprint density at radius 3 is 2.29 bits per heavy atom. The van der Waals surface area contributed by atoms with E-state index >= 15 is 0 Å². The van der Waals surface area contributed by atoms with Gasteiger partial charge in [-0.25, -0.2) is 0 Å². The molecule has 0 radical (unpaired) electrons. The third-order valence-corrected chi connectivity index (χ3v) is 2.05. The van der Waals surface area contributed by atoms with Gasteiger partial charge in [0.15, 0.2) is 12.1 Å². The van der Waals surface area contributed by atoms with Gasteiger partial charge in [-0.1, -0.05) is 13.3 Å². The van der Waals surface area contributed by atoms with E-state index in [2.05, 4.69) is 6.92 Å². The molecule has 0 bridgehead atoms. The maximum atomic E-state index is 11.2. The highest BCUT2D eigenvalue weighted by molar-refractivity contribution is 5.93. The van der Waals surface area contributed by atoms with Crippen LogP contribution in [0.15, 0.2) is 11.6 Å². The molecule has 0 aromatic carbocycles. The van der Waals surface area contributed by atoms with Crippen LogP contribution in [-0.2, 0) is 14.3 Å². The second-order valence-corrected chi connectivity index (χ2v) is 3.19. The fourth-order valence-corrected chi connectivity index (χ4v) is 1.14. The number of rotatable bonds is 7. The van der Waals surface area contributed by atoms with Gasteiger partial charge < -0.3 is 9.47 Å². The van der Waals surface area contributed by atoms with Crippen LogP contribution in [0.2, 0.25) is 0 Å². The van der Waals surface area contributed by atoms with E-state index in [1.807, 2.05) is 0 Å². The molecule has 0 rings (SSSR count). The molecule has 0 aromatic rings. The van der Waals surface area contributed by atoms with Crippen molar-refractivity contribution in [2.75, 3.05) is 14.2 Å². The normalized spacial score (nSPS) is 12.2. The highest BCUT2D eigenvalue weighted by Gasteiger charge is 2.07. The van der Waals surface area contributed by atoms with E-state index < -0.39 is 6.29 Å². The quantitative estimate of drug-likeness (QED) is 0.467. The molecule has 0 aliphatic carbocycles. The number of hydrogen-bond donors (Lipinski definition) is 0. The standard InChI is InChI=1S/C11H20O3/c1-5-6-7-10(9(2)12)8-11(13-3)14-4/h8,11H,5-7H2,1-4H3. The largest absolute Gasteiger partial charge is 0.352 e. The van der Waals surface area contributed by atoms with Crippen molar-refractivity contribution < 1.29 is 14.3 Å². The summed E-state index contributed by atoms with van der Waals surface area (Å²) in [5, 5.41) is 0. The first-order chi connectivity index (χ1) is 6.65. The minimum absolute atomic E-state index is 0.0950. The molecule has 0 aromatic heterocycles. The van der Waals surface area contributed by atoms with Crippen LogP contribution in [0.3, 0.4) is 0 Å². The number of methoxy groups -OCH3 is 2. The number of hydrogen-bond acceptors (Lipinski definition) is 3. The van der Waals surface area contributed by atoms with Crippen LogP contribution in [0, 0.1) is 0 Å². The van der Waals surface area contributed by atoms with Gasteiger partial charge in [0.05, 0.1) is 0 Å². The summed E-state index contributed by atoms with van der Waals surface area (Å²) in [6.45, 7) is 3.67. The van der Waals surface area contributed by atoms with Gasteiger partial charge in [-0.05, 0) is 31.4 Å². The number of ketones is 1. The molecule has 0 spiro atoms. The van der Waals surface area contributed by atoms with E-state index in [1.165, 1.54) is 0 Å². The minimum Gasteiger partial charge on any atom is -0.352 e. The summed E-state index contributed by atoms with van der Waals surface area (Å²) >= 11 is 0. The summed E-state index contributed by atoms with van der Waals surface area (Å²) in [5.74, 6) is 0.0950. The van der Waals surface area contributed by atoms with Gasteiger partial charge in [0, 0.05) is 14.2 Å². The summed E-state index contributed by atoms with van der Waals surface area (Å²) in [7, 11) is 3.12. The van der Waals surface area contributed by atoms with E-state index in [4.69, 9.17) is 9.47 Å². The molecule has 0 fully saturated rings. The molecule has 0 unspecified atom stereocenters. The smallest absolute Gasteiger partial charge is 0.176 e. The van der Waals surface area contributed by atoms with E-state index in [1.54, 1.807) is 27.2 Å². The molecule has 0 N–H and O–H groups in total. The van der Waals surface area contributed by atoms with Gasteiger partial charge in [0.25, 0.3) is 0 Å². The first kappa shape index (κ1) is 13.3. The molecule has 0 saturated heterocycles. The van der Waals surface area contributed by atoms with Crippen LogP contribution in [0.1, 0.15) is 33.1 Å². The van der Waals surface area contributed by atoms with E-state index in [0.717, 1.165) is 24.8 Å². The third-order valence-electron chi connectivity index (χ3n) is 2.05. The Labute approximate surface area is 86.1 Å². The van der Waals surface area contributed by atoms with Gasteiger partial charge in [-0.3, -0.25) is 4.79 Å². The molecular formula is C11H20O3.